The monoisotopic (exact) mass is 371 g/mol. The maximum atomic E-state index is 12.1. The molecular weight excluding hydrogens is 350 g/mol. The highest BCUT2D eigenvalue weighted by Crippen LogP contribution is 2.30. The third kappa shape index (κ3) is 5.27. The topological polar surface area (TPSA) is 111 Å². The number of benzene rings is 2. The number of nitro groups is 1. The first-order valence-corrected chi connectivity index (χ1v) is 8.25. The summed E-state index contributed by atoms with van der Waals surface area (Å²) in [7, 11) is 0. The summed E-state index contributed by atoms with van der Waals surface area (Å²) in [6.07, 6.45) is 0. The summed E-state index contributed by atoms with van der Waals surface area (Å²) in [6, 6.07) is 12.8. The lowest BCUT2D eigenvalue weighted by molar-refractivity contribution is -0.385. The van der Waals surface area contributed by atoms with E-state index in [1.54, 1.807) is 12.1 Å². The van der Waals surface area contributed by atoms with Crippen LogP contribution in [-0.2, 0) is 10.2 Å². The van der Waals surface area contributed by atoms with Crippen molar-refractivity contribution in [1.29, 1.82) is 0 Å². The molecule has 0 aliphatic carbocycles. The second kappa shape index (κ2) is 8.31. The lowest BCUT2D eigenvalue weighted by Gasteiger charge is -2.22. The van der Waals surface area contributed by atoms with Crippen LogP contribution >= 0.6 is 0 Å². The van der Waals surface area contributed by atoms with Crippen LogP contribution < -0.4 is 15.6 Å². The van der Waals surface area contributed by atoms with E-state index in [0.29, 0.717) is 5.75 Å². The van der Waals surface area contributed by atoms with Crippen molar-refractivity contribution in [2.24, 2.45) is 0 Å². The Morgan fingerprint density at radius 2 is 1.67 bits per heavy atom. The Kier molecular flexibility index (Phi) is 6.12. The predicted molar refractivity (Wildman–Crippen MR) is 99.3 cm³/mol. The number of hydrazine groups is 1. The van der Waals surface area contributed by atoms with Crippen LogP contribution in [0.1, 0.15) is 36.7 Å². The van der Waals surface area contributed by atoms with Gasteiger partial charge in [0.05, 0.1) is 4.92 Å². The zero-order valence-corrected chi connectivity index (χ0v) is 15.3. The van der Waals surface area contributed by atoms with Crippen LogP contribution in [0, 0.1) is 10.1 Å². The van der Waals surface area contributed by atoms with Gasteiger partial charge < -0.3 is 4.74 Å². The second-order valence-electron chi connectivity index (χ2n) is 6.81. The van der Waals surface area contributed by atoms with E-state index in [4.69, 9.17) is 4.74 Å². The molecule has 2 N–H and O–H groups in total. The number of amides is 2. The molecule has 8 nitrogen and oxygen atoms in total. The minimum Gasteiger partial charge on any atom is -0.483 e. The van der Waals surface area contributed by atoms with E-state index < -0.39 is 16.7 Å². The molecule has 142 valence electrons. The van der Waals surface area contributed by atoms with Gasteiger partial charge in [-0.2, -0.15) is 0 Å². The number of ether oxygens (including phenoxy) is 1. The third-order valence-electron chi connectivity index (χ3n) is 3.71. The van der Waals surface area contributed by atoms with Gasteiger partial charge in [-0.05, 0) is 23.1 Å². The largest absolute Gasteiger partial charge is 0.483 e. The summed E-state index contributed by atoms with van der Waals surface area (Å²) in [4.78, 5) is 34.3. The van der Waals surface area contributed by atoms with Crippen LogP contribution in [0.25, 0.3) is 0 Å². The molecule has 0 aliphatic heterocycles. The third-order valence-corrected chi connectivity index (χ3v) is 3.71. The number of hydrogen-bond donors (Lipinski definition) is 2. The van der Waals surface area contributed by atoms with Gasteiger partial charge in [0.2, 0.25) is 0 Å². The van der Waals surface area contributed by atoms with Gasteiger partial charge in [0.15, 0.2) is 6.61 Å². The predicted octanol–water partition coefficient (Wildman–Crippen LogP) is 2.73. The smallest absolute Gasteiger partial charge is 0.282 e. The highest BCUT2D eigenvalue weighted by Gasteiger charge is 2.21. The fraction of sp³-hybridized carbons (Fsp3) is 0.263. The lowest BCUT2D eigenvalue weighted by atomic mass is 9.86. The van der Waals surface area contributed by atoms with Gasteiger partial charge in [-0.25, -0.2) is 0 Å². The fourth-order valence-electron chi connectivity index (χ4n) is 2.41. The minimum absolute atomic E-state index is 0.151. The molecule has 8 heteroatoms. The molecule has 0 saturated carbocycles. The first-order chi connectivity index (χ1) is 12.7. The van der Waals surface area contributed by atoms with Crippen molar-refractivity contribution in [1.82, 2.24) is 10.9 Å². The maximum absolute atomic E-state index is 12.1. The number of rotatable bonds is 5. The first kappa shape index (κ1) is 19.9. The van der Waals surface area contributed by atoms with E-state index >= 15 is 0 Å². The number of carbonyl (C=O) groups excluding carboxylic acids is 2. The molecule has 2 amide bonds. The van der Waals surface area contributed by atoms with E-state index in [1.165, 1.54) is 24.3 Å². The lowest BCUT2D eigenvalue weighted by Crippen LogP contribution is -2.44. The SMILES string of the molecule is CC(C)(C)c1ccccc1OCC(=O)NNC(=O)c1ccccc1[N+](=O)[O-]. The molecular formula is C19H21N3O5. The summed E-state index contributed by atoms with van der Waals surface area (Å²) in [5, 5.41) is 11.0. The molecule has 0 aliphatic rings. The van der Waals surface area contributed by atoms with Gasteiger partial charge in [0, 0.05) is 6.07 Å². The Hall–Kier alpha value is -3.42. The standard InChI is InChI=1S/C19H21N3O5/c1-19(2,3)14-9-5-7-11-16(14)27-12-17(23)20-21-18(24)13-8-4-6-10-15(13)22(25)26/h4-11H,12H2,1-3H3,(H,20,23)(H,21,24). The van der Waals surface area contributed by atoms with Crippen LogP contribution in [-0.4, -0.2) is 23.3 Å². The average molecular weight is 371 g/mol. The van der Waals surface area contributed by atoms with E-state index in [1.807, 2.05) is 32.9 Å². The highest BCUT2D eigenvalue weighted by atomic mass is 16.6. The van der Waals surface area contributed by atoms with Crippen molar-refractivity contribution >= 4 is 17.5 Å². The molecule has 0 fully saturated rings. The number of carbonyl (C=O) groups is 2. The van der Waals surface area contributed by atoms with Crippen molar-refractivity contribution in [3.05, 3.63) is 69.8 Å². The molecule has 2 aromatic rings. The summed E-state index contributed by atoms with van der Waals surface area (Å²) < 4.78 is 5.55. The number of nitro benzene ring substituents is 1. The molecule has 0 aromatic heterocycles. The zero-order valence-electron chi connectivity index (χ0n) is 15.3. The van der Waals surface area contributed by atoms with Gasteiger partial charge >= 0.3 is 0 Å². The van der Waals surface area contributed by atoms with Crippen LogP contribution in [0.3, 0.4) is 0 Å². The van der Waals surface area contributed by atoms with Crippen LogP contribution in [0.2, 0.25) is 0 Å². The molecule has 0 spiro atoms. The molecule has 2 rings (SSSR count). The van der Waals surface area contributed by atoms with Crippen molar-refractivity contribution in [3.8, 4) is 5.75 Å². The van der Waals surface area contributed by atoms with Crippen LogP contribution in [0.5, 0.6) is 5.75 Å². The summed E-state index contributed by atoms with van der Waals surface area (Å²) >= 11 is 0. The van der Waals surface area contributed by atoms with Crippen molar-refractivity contribution in [2.45, 2.75) is 26.2 Å². The Bertz CT molecular complexity index is 858. The van der Waals surface area contributed by atoms with Gasteiger partial charge in [-0.3, -0.25) is 30.6 Å². The Morgan fingerprint density at radius 1 is 1.04 bits per heavy atom. The average Bonchev–Trinajstić information content (AvgIpc) is 2.63. The first-order valence-electron chi connectivity index (χ1n) is 8.25. The van der Waals surface area contributed by atoms with Crippen LogP contribution in [0.15, 0.2) is 48.5 Å². The quantitative estimate of drug-likeness (QED) is 0.620. The number of para-hydroxylation sites is 2. The molecule has 0 unspecified atom stereocenters. The van der Waals surface area contributed by atoms with E-state index in [-0.39, 0.29) is 23.3 Å². The molecule has 0 bridgehead atoms. The summed E-state index contributed by atoms with van der Waals surface area (Å²) in [6.45, 7) is 5.77. The van der Waals surface area contributed by atoms with Crippen molar-refractivity contribution in [3.63, 3.8) is 0 Å². The Balaban J connectivity index is 1.95. The maximum Gasteiger partial charge on any atom is 0.282 e. The molecule has 0 atom stereocenters. The highest BCUT2D eigenvalue weighted by molar-refractivity contribution is 5.99. The Labute approximate surface area is 156 Å². The molecule has 2 aromatic carbocycles. The Morgan fingerprint density at radius 3 is 2.33 bits per heavy atom. The molecule has 27 heavy (non-hydrogen) atoms. The zero-order chi connectivity index (χ0) is 20.0. The van der Waals surface area contributed by atoms with Gasteiger partial charge in [0.1, 0.15) is 11.3 Å². The molecule has 0 radical (unpaired) electrons. The van der Waals surface area contributed by atoms with Gasteiger partial charge in [0.25, 0.3) is 17.5 Å². The van der Waals surface area contributed by atoms with Crippen molar-refractivity contribution in [2.75, 3.05) is 6.61 Å². The van der Waals surface area contributed by atoms with E-state index in [2.05, 4.69) is 10.9 Å². The van der Waals surface area contributed by atoms with Crippen LogP contribution in [0.4, 0.5) is 5.69 Å². The number of nitrogens with one attached hydrogen (secondary N) is 2. The second-order valence-corrected chi connectivity index (χ2v) is 6.81. The number of hydrogen-bond acceptors (Lipinski definition) is 5. The summed E-state index contributed by atoms with van der Waals surface area (Å²) in [5.74, 6) is -0.804. The van der Waals surface area contributed by atoms with E-state index in [9.17, 15) is 19.7 Å². The molecule has 0 saturated heterocycles. The van der Waals surface area contributed by atoms with Gasteiger partial charge in [-0.1, -0.05) is 51.1 Å². The van der Waals surface area contributed by atoms with E-state index in [0.717, 1.165) is 5.56 Å². The summed E-state index contributed by atoms with van der Waals surface area (Å²) in [5.41, 5.74) is 4.63. The number of nitrogens with zero attached hydrogens (tertiary/aromatic N) is 1. The minimum atomic E-state index is -0.786. The normalized spacial score (nSPS) is 10.8. The molecule has 0 heterocycles. The van der Waals surface area contributed by atoms with Gasteiger partial charge in [-0.15, -0.1) is 0 Å². The fourth-order valence-corrected chi connectivity index (χ4v) is 2.41. The van der Waals surface area contributed by atoms with Crippen molar-refractivity contribution < 1.29 is 19.2 Å².